The molecule has 0 saturated carbocycles. The van der Waals surface area contributed by atoms with Gasteiger partial charge in [0.2, 0.25) is 0 Å². The Bertz CT molecular complexity index is 2500. The molecule has 8 aromatic rings. The van der Waals surface area contributed by atoms with E-state index in [9.17, 15) is 0 Å². The molecule has 56 heavy (non-hydrogen) atoms. The molecule has 0 atom stereocenters. The second kappa shape index (κ2) is 12.7. The molecule has 0 amide bonds. The van der Waals surface area contributed by atoms with Gasteiger partial charge in [-0.05, 0) is 153 Å². The summed E-state index contributed by atoms with van der Waals surface area (Å²) in [6, 6.07) is 42.4. The fourth-order valence-corrected chi connectivity index (χ4v) is 8.65. The maximum atomic E-state index is 2.47. The van der Waals surface area contributed by atoms with E-state index in [1.54, 1.807) is 0 Å². The van der Waals surface area contributed by atoms with Crippen molar-refractivity contribution in [3.8, 4) is 22.5 Å². The van der Waals surface area contributed by atoms with Crippen molar-refractivity contribution in [2.24, 2.45) is 0 Å². The Morgan fingerprint density at radius 2 is 0.554 bits per heavy atom. The lowest BCUT2D eigenvalue weighted by atomic mass is 9.85. The molecule has 2 aromatic heterocycles. The van der Waals surface area contributed by atoms with E-state index in [1.807, 2.05) is 0 Å². The van der Waals surface area contributed by atoms with Crippen molar-refractivity contribution in [2.75, 3.05) is 0 Å². The lowest BCUT2D eigenvalue weighted by molar-refractivity contribution is 0.590. The molecule has 2 heteroatoms. The topological polar surface area (TPSA) is 9.86 Å². The molecule has 0 fully saturated rings. The van der Waals surface area contributed by atoms with Gasteiger partial charge in [0, 0.05) is 32.9 Å². The lowest BCUT2D eigenvalue weighted by Gasteiger charge is -2.19. The molecule has 0 saturated heterocycles. The summed E-state index contributed by atoms with van der Waals surface area (Å²) in [5, 5.41) is 5.28. The van der Waals surface area contributed by atoms with E-state index < -0.39 is 0 Å². The third kappa shape index (κ3) is 6.36. The molecule has 8 rings (SSSR count). The van der Waals surface area contributed by atoms with Crippen LogP contribution in [0.25, 0.3) is 66.1 Å². The van der Waals surface area contributed by atoms with Crippen molar-refractivity contribution >= 4 is 43.6 Å². The molecule has 2 heterocycles. The molecule has 2 nitrogen and oxygen atoms in total. The van der Waals surface area contributed by atoms with Gasteiger partial charge in [0.15, 0.2) is 0 Å². The summed E-state index contributed by atoms with van der Waals surface area (Å²) in [6.45, 7) is 32.2. The van der Waals surface area contributed by atoms with E-state index in [1.165, 1.54) is 99.5 Å². The van der Waals surface area contributed by atoms with Gasteiger partial charge in [-0.1, -0.05) is 119 Å². The third-order valence-electron chi connectivity index (χ3n) is 12.2. The number of fused-ring (bicyclic) bond motifs is 6. The van der Waals surface area contributed by atoms with E-state index in [0.29, 0.717) is 0 Å². The number of aryl methyl sites for hydroxylation is 2. The molecule has 286 valence electrons. The van der Waals surface area contributed by atoms with Crippen LogP contribution in [0.15, 0.2) is 109 Å². The SMILES string of the molecule is Cc1cc(-n2c3ccc(C(C)(C)C)cc3c3cc(C(C)(C)C)ccc32)ccc1-c1ccc(-n2c3ccc(C(C)(C)C)cc3c3cc(C(C)(C)C)ccc32)cc1C. The van der Waals surface area contributed by atoms with Crippen molar-refractivity contribution in [1.82, 2.24) is 9.13 Å². The van der Waals surface area contributed by atoms with E-state index >= 15 is 0 Å². The van der Waals surface area contributed by atoms with Crippen LogP contribution in [0.5, 0.6) is 0 Å². The highest BCUT2D eigenvalue weighted by Crippen LogP contribution is 2.41. The summed E-state index contributed by atoms with van der Waals surface area (Å²) in [6.07, 6.45) is 0. The summed E-state index contributed by atoms with van der Waals surface area (Å²) in [5.41, 5.74) is 18.2. The second-order valence-electron chi connectivity index (χ2n) is 20.6. The number of benzene rings is 6. The van der Waals surface area contributed by atoms with Gasteiger partial charge in [-0.25, -0.2) is 0 Å². The Morgan fingerprint density at radius 3 is 0.768 bits per heavy atom. The quantitative estimate of drug-likeness (QED) is 0.171. The van der Waals surface area contributed by atoms with Gasteiger partial charge in [0.1, 0.15) is 0 Å². The summed E-state index contributed by atoms with van der Waals surface area (Å²) in [5.74, 6) is 0. The van der Waals surface area contributed by atoms with E-state index in [2.05, 4.69) is 215 Å². The maximum absolute atomic E-state index is 2.47. The number of nitrogens with zero attached hydrogens (tertiary/aromatic N) is 2. The Kier molecular flexibility index (Phi) is 8.59. The molecule has 0 radical (unpaired) electrons. The van der Waals surface area contributed by atoms with E-state index in [-0.39, 0.29) is 21.7 Å². The number of hydrogen-bond donors (Lipinski definition) is 0. The molecule has 6 aromatic carbocycles. The zero-order valence-electron chi connectivity index (χ0n) is 36.3. The van der Waals surface area contributed by atoms with Crippen molar-refractivity contribution < 1.29 is 0 Å². The van der Waals surface area contributed by atoms with Crippen LogP contribution in [0.1, 0.15) is 116 Å². The smallest absolute Gasteiger partial charge is 0.0541 e. The van der Waals surface area contributed by atoms with Crippen LogP contribution >= 0.6 is 0 Å². The van der Waals surface area contributed by atoms with Gasteiger partial charge in [-0.3, -0.25) is 0 Å². The van der Waals surface area contributed by atoms with Crippen molar-refractivity contribution in [2.45, 2.75) is 119 Å². The van der Waals surface area contributed by atoms with E-state index in [0.717, 1.165) is 0 Å². The van der Waals surface area contributed by atoms with Gasteiger partial charge < -0.3 is 9.13 Å². The molecule has 0 spiro atoms. The zero-order valence-corrected chi connectivity index (χ0v) is 36.3. The normalized spacial score (nSPS) is 13.2. The Labute approximate surface area is 335 Å². The number of hydrogen-bond acceptors (Lipinski definition) is 0. The summed E-state index contributed by atoms with van der Waals surface area (Å²) < 4.78 is 4.93. The summed E-state index contributed by atoms with van der Waals surface area (Å²) in [7, 11) is 0. The maximum Gasteiger partial charge on any atom is 0.0541 e. The Morgan fingerprint density at radius 1 is 0.304 bits per heavy atom. The van der Waals surface area contributed by atoms with Gasteiger partial charge in [0.05, 0.1) is 22.1 Å². The lowest BCUT2D eigenvalue weighted by Crippen LogP contribution is -2.10. The minimum absolute atomic E-state index is 0.0724. The van der Waals surface area contributed by atoms with Crippen LogP contribution in [0.3, 0.4) is 0 Å². The molecular weight excluding hydrogens is 677 g/mol. The fourth-order valence-electron chi connectivity index (χ4n) is 8.65. The first-order chi connectivity index (χ1) is 26.1. The predicted molar refractivity (Wildman–Crippen MR) is 245 cm³/mol. The highest BCUT2D eigenvalue weighted by Gasteiger charge is 2.23. The van der Waals surface area contributed by atoms with Gasteiger partial charge in [-0.2, -0.15) is 0 Å². The first-order valence-electron chi connectivity index (χ1n) is 20.5. The highest BCUT2D eigenvalue weighted by atomic mass is 15.0. The third-order valence-corrected chi connectivity index (χ3v) is 12.2. The highest BCUT2D eigenvalue weighted by molar-refractivity contribution is 6.11. The van der Waals surface area contributed by atoms with Crippen molar-refractivity contribution in [1.29, 1.82) is 0 Å². The predicted octanol–water partition coefficient (Wildman–Crippen LogP) is 15.4. The van der Waals surface area contributed by atoms with Crippen LogP contribution in [-0.4, -0.2) is 9.13 Å². The minimum Gasteiger partial charge on any atom is -0.309 e. The van der Waals surface area contributed by atoms with Crippen LogP contribution in [-0.2, 0) is 21.7 Å². The Balaban J connectivity index is 1.24. The molecule has 0 aliphatic carbocycles. The summed E-state index contributed by atoms with van der Waals surface area (Å²) in [4.78, 5) is 0. The van der Waals surface area contributed by atoms with Crippen LogP contribution < -0.4 is 0 Å². The molecule has 0 aliphatic heterocycles. The molecule has 0 N–H and O–H groups in total. The summed E-state index contributed by atoms with van der Waals surface area (Å²) >= 11 is 0. The second-order valence-corrected chi connectivity index (χ2v) is 20.6. The van der Waals surface area contributed by atoms with Crippen molar-refractivity contribution in [3.05, 3.63) is 143 Å². The van der Waals surface area contributed by atoms with Crippen LogP contribution in [0.2, 0.25) is 0 Å². The monoisotopic (exact) mass is 736 g/mol. The molecular formula is C54H60N2. The standard InChI is InChI=1S/C54H60N2/c1-33-27-39(55-47-23-15-35(51(3,4)5)29-43(47)44-30-36(52(6,7)8)16-24-48(44)55)19-21-41(33)42-22-20-40(28-34(42)2)56-49-25-17-37(53(9,10)11)31-45(49)46-32-38(54(12,13)14)18-26-50(46)56/h15-32H,1-14H3. The molecule has 0 bridgehead atoms. The molecule has 0 aliphatic rings. The van der Waals surface area contributed by atoms with Crippen LogP contribution in [0, 0.1) is 13.8 Å². The molecule has 0 unspecified atom stereocenters. The number of rotatable bonds is 3. The zero-order chi connectivity index (χ0) is 40.3. The van der Waals surface area contributed by atoms with Gasteiger partial charge in [-0.15, -0.1) is 0 Å². The fraction of sp³-hybridized carbons (Fsp3) is 0.333. The first-order valence-corrected chi connectivity index (χ1v) is 20.5. The largest absolute Gasteiger partial charge is 0.309 e. The van der Waals surface area contributed by atoms with Crippen LogP contribution in [0.4, 0.5) is 0 Å². The van der Waals surface area contributed by atoms with Gasteiger partial charge in [0.25, 0.3) is 0 Å². The Hall–Kier alpha value is -5.08. The minimum atomic E-state index is 0.0724. The first kappa shape index (κ1) is 37.8. The van der Waals surface area contributed by atoms with Gasteiger partial charge >= 0.3 is 0 Å². The van der Waals surface area contributed by atoms with Crippen molar-refractivity contribution in [3.63, 3.8) is 0 Å². The average molecular weight is 737 g/mol. The number of aromatic nitrogens is 2. The average Bonchev–Trinajstić information content (AvgIpc) is 3.62. The van der Waals surface area contributed by atoms with E-state index in [4.69, 9.17) is 0 Å².